The van der Waals surface area contributed by atoms with E-state index in [0.29, 0.717) is 55.3 Å². The second kappa shape index (κ2) is 12.1. The Balaban J connectivity index is 1.33. The van der Waals surface area contributed by atoms with Gasteiger partial charge in [-0.05, 0) is 38.8 Å². The molecule has 0 unspecified atom stereocenters. The lowest BCUT2D eigenvalue weighted by atomic mass is 9.72. The smallest absolute Gasteiger partial charge is 0.409 e. The summed E-state index contributed by atoms with van der Waals surface area (Å²) in [7, 11) is 0. The van der Waals surface area contributed by atoms with Gasteiger partial charge in [-0.2, -0.15) is 0 Å². The quantitative estimate of drug-likeness (QED) is 0.207. The summed E-state index contributed by atoms with van der Waals surface area (Å²) in [6, 6.07) is 8.44. The number of halogens is 2. The molecule has 0 aliphatic carbocycles. The fourth-order valence-electron chi connectivity index (χ4n) is 5.71. The maximum absolute atomic E-state index is 14.6. The number of anilines is 1. The van der Waals surface area contributed by atoms with Crippen LogP contribution in [0.25, 0.3) is 10.2 Å². The summed E-state index contributed by atoms with van der Waals surface area (Å²) >= 11 is 1.27. The van der Waals surface area contributed by atoms with Crippen LogP contribution < -0.4 is 4.90 Å². The third kappa shape index (κ3) is 6.22. The van der Waals surface area contributed by atoms with E-state index in [1.165, 1.54) is 22.9 Å². The number of ether oxygens (including phenoxy) is 3. The number of hydrogen-bond acceptors (Lipinski definition) is 8. The van der Waals surface area contributed by atoms with Crippen molar-refractivity contribution in [2.24, 2.45) is 11.3 Å². The van der Waals surface area contributed by atoms with Crippen LogP contribution in [0, 0.1) is 23.0 Å². The van der Waals surface area contributed by atoms with Crippen molar-refractivity contribution in [2.75, 3.05) is 44.3 Å². The molecule has 1 aromatic heterocycles. The van der Waals surface area contributed by atoms with E-state index in [1.54, 1.807) is 17.0 Å². The third-order valence-corrected chi connectivity index (χ3v) is 8.69. The Morgan fingerprint density at radius 2 is 1.93 bits per heavy atom. The fourth-order valence-corrected chi connectivity index (χ4v) is 6.54. The Morgan fingerprint density at radius 1 is 1.17 bits per heavy atom. The van der Waals surface area contributed by atoms with Crippen LogP contribution in [0.3, 0.4) is 0 Å². The van der Waals surface area contributed by atoms with Gasteiger partial charge >= 0.3 is 12.1 Å². The van der Waals surface area contributed by atoms with Crippen LogP contribution in [-0.2, 0) is 20.8 Å². The molecule has 0 N–H and O–H groups in total. The molecule has 8 nitrogen and oxygen atoms in total. The Labute approximate surface area is 248 Å². The van der Waals surface area contributed by atoms with Gasteiger partial charge in [-0.1, -0.05) is 31.5 Å². The van der Waals surface area contributed by atoms with Crippen LogP contribution in [0.5, 0.6) is 0 Å². The number of aromatic nitrogens is 1. The van der Waals surface area contributed by atoms with Crippen molar-refractivity contribution in [3.63, 3.8) is 0 Å². The zero-order valence-electron chi connectivity index (χ0n) is 24.5. The van der Waals surface area contributed by atoms with Gasteiger partial charge in [0, 0.05) is 43.6 Å². The molecule has 2 saturated heterocycles. The molecular formula is C31H37F2N3O5S. The van der Waals surface area contributed by atoms with Gasteiger partial charge in [0.25, 0.3) is 0 Å². The van der Waals surface area contributed by atoms with Crippen molar-refractivity contribution in [3.8, 4) is 0 Å². The zero-order chi connectivity index (χ0) is 30.1. The second-order valence-electron chi connectivity index (χ2n) is 12.2. The standard InChI is InChI=1S/C31H37F2N3O5S/c1-5-6-11-40-29(38)36-17-31(18-36)16-35(24-12-23(32)25(33)26-27(24)42-19-34-26)13-21(31)15-39-14-20-9-7-8-10-22(20)28(37)41-30(2,3)4/h7-10,12,19,21H,5-6,11,13-18H2,1-4H3/t21-/m0/s1. The Hall–Kier alpha value is -3.31. The number of esters is 1. The Morgan fingerprint density at radius 3 is 2.67 bits per heavy atom. The number of amides is 1. The highest BCUT2D eigenvalue weighted by molar-refractivity contribution is 7.17. The molecule has 0 saturated carbocycles. The predicted octanol–water partition coefficient (Wildman–Crippen LogP) is 6.42. The number of likely N-dealkylation sites (tertiary alicyclic amines) is 1. The minimum Gasteiger partial charge on any atom is -0.456 e. The first-order chi connectivity index (χ1) is 20.0. The molecule has 2 aliphatic rings. The summed E-state index contributed by atoms with van der Waals surface area (Å²) in [5.74, 6) is -2.31. The minimum absolute atomic E-state index is 0.0121. The van der Waals surface area contributed by atoms with Crippen molar-refractivity contribution >= 4 is 39.3 Å². The molecule has 1 spiro atoms. The lowest BCUT2D eigenvalue weighted by Gasteiger charge is -2.50. The molecule has 11 heteroatoms. The van der Waals surface area contributed by atoms with E-state index in [0.717, 1.165) is 18.4 Å². The monoisotopic (exact) mass is 601 g/mol. The first-order valence-corrected chi connectivity index (χ1v) is 15.2. The van der Waals surface area contributed by atoms with E-state index in [2.05, 4.69) is 4.98 Å². The van der Waals surface area contributed by atoms with Gasteiger partial charge in [0.15, 0.2) is 11.6 Å². The van der Waals surface area contributed by atoms with Crippen LogP contribution in [0.2, 0.25) is 0 Å². The topological polar surface area (TPSA) is 81.2 Å². The van der Waals surface area contributed by atoms with Gasteiger partial charge in [-0.15, -0.1) is 11.3 Å². The number of nitrogens with zero attached hydrogens (tertiary/aromatic N) is 3. The van der Waals surface area contributed by atoms with Crippen molar-refractivity contribution in [1.29, 1.82) is 0 Å². The maximum atomic E-state index is 14.6. The lowest BCUT2D eigenvalue weighted by molar-refractivity contribution is -0.0440. The number of fused-ring (bicyclic) bond motifs is 1. The number of carbonyl (C=O) groups is 2. The average Bonchev–Trinajstić information content (AvgIpc) is 3.55. The molecule has 0 radical (unpaired) electrons. The molecule has 2 aliphatic heterocycles. The van der Waals surface area contributed by atoms with Gasteiger partial charge in [0.05, 0.1) is 41.3 Å². The van der Waals surface area contributed by atoms with Crippen molar-refractivity contribution in [1.82, 2.24) is 9.88 Å². The molecule has 3 aromatic rings. The van der Waals surface area contributed by atoms with Gasteiger partial charge in [0.2, 0.25) is 0 Å². The number of rotatable bonds is 9. The average molecular weight is 602 g/mol. The molecule has 2 fully saturated rings. The van der Waals surface area contributed by atoms with E-state index >= 15 is 0 Å². The predicted molar refractivity (Wildman–Crippen MR) is 157 cm³/mol. The molecule has 5 rings (SSSR count). The fraction of sp³-hybridized carbons (Fsp3) is 0.516. The van der Waals surface area contributed by atoms with Crippen LogP contribution in [-0.4, -0.2) is 66.9 Å². The lowest BCUT2D eigenvalue weighted by Crippen LogP contribution is -2.62. The minimum atomic E-state index is -0.947. The first-order valence-electron chi connectivity index (χ1n) is 14.3. The van der Waals surface area contributed by atoms with E-state index in [-0.39, 0.29) is 29.5 Å². The molecule has 42 heavy (non-hydrogen) atoms. The second-order valence-corrected chi connectivity index (χ2v) is 13.0. The normalized spacial score (nSPS) is 18.0. The molecular weight excluding hydrogens is 564 g/mol. The molecule has 1 atom stereocenters. The summed E-state index contributed by atoms with van der Waals surface area (Å²) in [6.45, 7) is 10.5. The van der Waals surface area contributed by atoms with Crippen molar-refractivity contribution in [3.05, 3.63) is 58.6 Å². The third-order valence-electron chi connectivity index (χ3n) is 7.84. The zero-order valence-corrected chi connectivity index (χ0v) is 25.3. The van der Waals surface area contributed by atoms with E-state index in [1.807, 2.05) is 44.7 Å². The summed E-state index contributed by atoms with van der Waals surface area (Å²) in [5, 5.41) is 0. The highest BCUT2D eigenvalue weighted by atomic mass is 32.1. The summed E-state index contributed by atoms with van der Waals surface area (Å²) in [4.78, 5) is 33.2. The van der Waals surface area contributed by atoms with Gasteiger partial charge in [-0.3, -0.25) is 0 Å². The summed E-state index contributed by atoms with van der Waals surface area (Å²) in [5.41, 5.74) is 2.37. The molecule has 3 heterocycles. The van der Waals surface area contributed by atoms with Crippen molar-refractivity contribution < 1.29 is 32.6 Å². The summed E-state index contributed by atoms with van der Waals surface area (Å²) in [6.07, 6.45) is 1.40. The van der Waals surface area contributed by atoms with Gasteiger partial charge in [0.1, 0.15) is 11.1 Å². The number of unbranched alkanes of at least 4 members (excludes halogenated alkanes) is 1. The first kappa shape index (κ1) is 30.2. The van der Waals surface area contributed by atoms with Crippen LogP contribution >= 0.6 is 11.3 Å². The molecule has 0 bridgehead atoms. The van der Waals surface area contributed by atoms with Crippen molar-refractivity contribution in [2.45, 2.75) is 52.7 Å². The number of benzene rings is 2. The highest BCUT2D eigenvalue weighted by Gasteiger charge is 2.56. The van der Waals surface area contributed by atoms with Crippen LogP contribution in [0.15, 0.2) is 35.8 Å². The Kier molecular flexibility index (Phi) is 8.71. The van der Waals surface area contributed by atoms with Gasteiger partial charge in [-0.25, -0.2) is 23.4 Å². The maximum Gasteiger partial charge on any atom is 0.409 e. The molecule has 1 amide bonds. The number of thiazole rings is 1. The highest BCUT2D eigenvalue weighted by Crippen LogP contribution is 2.47. The Bertz CT molecular complexity index is 1450. The van der Waals surface area contributed by atoms with E-state index in [9.17, 15) is 18.4 Å². The van der Waals surface area contributed by atoms with E-state index < -0.39 is 23.2 Å². The van der Waals surface area contributed by atoms with E-state index in [4.69, 9.17) is 14.2 Å². The molecule has 2 aromatic carbocycles. The number of carbonyl (C=O) groups excluding carboxylic acids is 2. The summed E-state index contributed by atoms with van der Waals surface area (Å²) < 4.78 is 46.8. The number of hydrogen-bond donors (Lipinski definition) is 0. The SMILES string of the molecule is CCCCOC(=O)N1CC2(C1)CN(c1cc(F)c(F)c3ncsc13)C[C@H]2COCc1ccccc1C(=O)OC(C)(C)C. The molecule has 226 valence electrons. The van der Waals surface area contributed by atoms with Gasteiger partial charge < -0.3 is 24.0 Å². The van der Waals surface area contributed by atoms with Crippen LogP contribution in [0.4, 0.5) is 19.3 Å². The largest absolute Gasteiger partial charge is 0.456 e. The van der Waals surface area contributed by atoms with Crippen LogP contribution in [0.1, 0.15) is 56.5 Å².